The molecule has 2 aromatic carbocycles. The highest BCUT2D eigenvalue weighted by Gasteiger charge is 2.22. The molecule has 0 radical (unpaired) electrons. The zero-order chi connectivity index (χ0) is 20.8. The zero-order valence-electron chi connectivity index (χ0n) is 16.1. The first kappa shape index (κ1) is 20.3. The first-order chi connectivity index (χ1) is 13.9. The Bertz CT molecular complexity index is 901. The van der Waals surface area contributed by atoms with Crippen molar-refractivity contribution in [1.82, 2.24) is 4.90 Å². The Hall–Kier alpha value is -3.42. The van der Waals surface area contributed by atoms with Crippen molar-refractivity contribution in [2.45, 2.75) is 12.8 Å². The number of nitrogens with one attached hydrogen (secondary N) is 1. The number of amides is 3. The molecule has 152 valence electrons. The van der Waals surface area contributed by atoms with Gasteiger partial charge in [0.1, 0.15) is 11.6 Å². The second-order valence-corrected chi connectivity index (χ2v) is 6.74. The van der Waals surface area contributed by atoms with Crippen LogP contribution in [0, 0.1) is 5.82 Å². The summed E-state index contributed by atoms with van der Waals surface area (Å²) in [6, 6.07) is 12.4. The van der Waals surface area contributed by atoms with Crippen LogP contribution < -0.4 is 15.0 Å². The number of carbonyl (C=O) groups excluding carboxylic acids is 3. The lowest BCUT2D eigenvalue weighted by molar-refractivity contribution is -0.135. The molecule has 0 saturated carbocycles. The average molecular weight is 399 g/mol. The van der Waals surface area contributed by atoms with E-state index >= 15 is 0 Å². The number of anilines is 2. The highest BCUT2D eigenvalue weighted by molar-refractivity contribution is 5.95. The van der Waals surface area contributed by atoms with Gasteiger partial charge >= 0.3 is 0 Å². The van der Waals surface area contributed by atoms with Crippen LogP contribution in [-0.2, 0) is 14.4 Å². The summed E-state index contributed by atoms with van der Waals surface area (Å²) in [6.07, 6.45) is 1.36. The Kier molecular flexibility index (Phi) is 6.43. The van der Waals surface area contributed by atoms with Gasteiger partial charge in [-0.1, -0.05) is 6.07 Å². The van der Waals surface area contributed by atoms with Gasteiger partial charge in [-0.15, -0.1) is 0 Å². The SMILES string of the molecule is CN(CC(=O)Nc1ccc(F)cc1)C(=O)COc1cccc(N2CCCC2=O)c1. The maximum Gasteiger partial charge on any atom is 0.260 e. The van der Waals surface area contributed by atoms with Crippen LogP contribution in [0.4, 0.5) is 15.8 Å². The molecule has 1 saturated heterocycles. The van der Waals surface area contributed by atoms with Crippen LogP contribution in [-0.4, -0.2) is 49.4 Å². The van der Waals surface area contributed by atoms with Gasteiger partial charge in [0.25, 0.3) is 5.91 Å². The number of carbonyl (C=O) groups is 3. The van der Waals surface area contributed by atoms with Gasteiger partial charge in [-0.3, -0.25) is 14.4 Å². The maximum absolute atomic E-state index is 12.9. The van der Waals surface area contributed by atoms with Crippen LogP contribution in [0.15, 0.2) is 48.5 Å². The molecule has 7 nitrogen and oxygen atoms in total. The van der Waals surface area contributed by atoms with Crippen LogP contribution in [0.1, 0.15) is 12.8 Å². The summed E-state index contributed by atoms with van der Waals surface area (Å²) >= 11 is 0. The van der Waals surface area contributed by atoms with E-state index in [0.29, 0.717) is 24.4 Å². The minimum Gasteiger partial charge on any atom is -0.484 e. The second-order valence-electron chi connectivity index (χ2n) is 6.74. The Balaban J connectivity index is 1.49. The Morgan fingerprint density at radius 3 is 2.66 bits per heavy atom. The molecule has 0 bridgehead atoms. The van der Waals surface area contributed by atoms with E-state index in [-0.39, 0.29) is 25.0 Å². The van der Waals surface area contributed by atoms with Crippen LogP contribution in [0.25, 0.3) is 0 Å². The summed E-state index contributed by atoms with van der Waals surface area (Å²) in [5.74, 6) is -0.626. The molecule has 0 unspecified atom stereocenters. The Labute approximate surface area is 168 Å². The molecule has 1 fully saturated rings. The van der Waals surface area contributed by atoms with E-state index in [1.807, 2.05) is 6.07 Å². The van der Waals surface area contributed by atoms with E-state index in [1.165, 1.54) is 36.2 Å². The quantitative estimate of drug-likeness (QED) is 0.776. The first-order valence-corrected chi connectivity index (χ1v) is 9.25. The highest BCUT2D eigenvalue weighted by atomic mass is 19.1. The van der Waals surface area contributed by atoms with Gasteiger partial charge in [0, 0.05) is 37.5 Å². The van der Waals surface area contributed by atoms with Crippen molar-refractivity contribution in [3.63, 3.8) is 0 Å². The van der Waals surface area contributed by atoms with Gasteiger partial charge in [-0.05, 0) is 42.8 Å². The predicted octanol–water partition coefficient (Wildman–Crippen LogP) is 2.43. The van der Waals surface area contributed by atoms with Crippen molar-refractivity contribution >= 4 is 29.1 Å². The lowest BCUT2D eigenvalue weighted by Crippen LogP contribution is -2.37. The van der Waals surface area contributed by atoms with Gasteiger partial charge in [-0.25, -0.2) is 4.39 Å². The van der Waals surface area contributed by atoms with E-state index in [2.05, 4.69) is 5.32 Å². The fourth-order valence-electron chi connectivity index (χ4n) is 2.95. The molecule has 0 spiro atoms. The zero-order valence-corrected chi connectivity index (χ0v) is 16.1. The molecule has 29 heavy (non-hydrogen) atoms. The predicted molar refractivity (Wildman–Crippen MR) is 106 cm³/mol. The normalized spacial score (nSPS) is 13.3. The number of hydrogen-bond donors (Lipinski definition) is 1. The smallest absolute Gasteiger partial charge is 0.260 e. The molecule has 1 aliphatic heterocycles. The number of likely N-dealkylation sites (N-methyl/N-ethyl adjacent to an activating group) is 1. The standard InChI is InChI=1S/C21H22FN3O4/c1-24(13-19(26)23-16-9-7-15(22)8-10-16)21(28)14-29-18-5-2-4-17(12-18)25-11-3-6-20(25)27/h2,4-5,7-10,12H,3,6,11,13-14H2,1H3,(H,23,26). The molecule has 3 amide bonds. The summed E-state index contributed by atoms with van der Waals surface area (Å²) in [7, 11) is 1.50. The summed E-state index contributed by atoms with van der Waals surface area (Å²) in [5.41, 5.74) is 1.19. The van der Waals surface area contributed by atoms with Crippen molar-refractivity contribution in [2.75, 3.05) is 37.0 Å². The van der Waals surface area contributed by atoms with Gasteiger partial charge in [0.05, 0.1) is 6.54 Å². The second kappa shape index (κ2) is 9.18. The molecule has 1 N–H and O–H groups in total. The molecule has 3 rings (SSSR count). The van der Waals surface area contributed by atoms with Crippen molar-refractivity contribution in [3.8, 4) is 5.75 Å². The minimum atomic E-state index is -0.401. The number of nitrogens with zero attached hydrogens (tertiary/aromatic N) is 2. The van der Waals surface area contributed by atoms with Crippen LogP contribution in [0.5, 0.6) is 5.75 Å². The first-order valence-electron chi connectivity index (χ1n) is 9.25. The molecule has 1 heterocycles. The van der Waals surface area contributed by atoms with Gasteiger partial charge in [0.2, 0.25) is 11.8 Å². The van der Waals surface area contributed by atoms with Gasteiger partial charge in [-0.2, -0.15) is 0 Å². The monoisotopic (exact) mass is 399 g/mol. The molecule has 0 atom stereocenters. The summed E-state index contributed by atoms with van der Waals surface area (Å²) in [5, 5.41) is 2.59. The van der Waals surface area contributed by atoms with E-state index in [9.17, 15) is 18.8 Å². The third-order valence-corrected chi connectivity index (χ3v) is 4.50. The summed E-state index contributed by atoms with van der Waals surface area (Å²) in [4.78, 5) is 39.1. The van der Waals surface area contributed by atoms with Crippen molar-refractivity contribution in [2.24, 2.45) is 0 Å². The number of halogens is 1. The third-order valence-electron chi connectivity index (χ3n) is 4.50. The topological polar surface area (TPSA) is 79.0 Å². The number of benzene rings is 2. The lowest BCUT2D eigenvalue weighted by Gasteiger charge is -2.18. The molecule has 0 aromatic heterocycles. The molecule has 8 heteroatoms. The Morgan fingerprint density at radius 2 is 1.97 bits per heavy atom. The Morgan fingerprint density at radius 1 is 1.21 bits per heavy atom. The third kappa shape index (κ3) is 5.54. The van der Waals surface area contributed by atoms with E-state index < -0.39 is 11.7 Å². The van der Waals surface area contributed by atoms with Crippen molar-refractivity contribution in [1.29, 1.82) is 0 Å². The fraction of sp³-hybridized carbons (Fsp3) is 0.286. The van der Waals surface area contributed by atoms with Crippen LogP contribution in [0.3, 0.4) is 0 Å². The van der Waals surface area contributed by atoms with Gasteiger partial charge in [0.15, 0.2) is 6.61 Å². The molecule has 0 aliphatic carbocycles. The van der Waals surface area contributed by atoms with E-state index in [4.69, 9.17) is 4.74 Å². The number of rotatable bonds is 7. The minimum absolute atomic E-state index is 0.0742. The van der Waals surface area contributed by atoms with Gasteiger partial charge < -0.3 is 19.9 Å². The summed E-state index contributed by atoms with van der Waals surface area (Å²) in [6.45, 7) is 0.271. The largest absolute Gasteiger partial charge is 0.484 e. The van der Waals surface area contributed by atoms with E-state index in [1.54, 1.807) is 23.1 Å². The molecular formula is C21H22FN3O4. The van der Waals surface area contributed by atoms with Crippen molar-refractivity contribution < 1.29 is 23.5 Å². The maximum atomic E-state index is 12.9. The number of hydrogen-bond acceptors (Lipinski definition) is 4. The van der Waals surface area contributed by atoms with Crippen LogP contribution >= 0.6 is 0 Å². The van der Waals surface area contributed by atoms with E-state index in [0.717, 1.165) is 12.1 Å². The lowest BCUT2D eigenvalue weighted by atomic mass is 10.3. The van der Waals surface area contributed by atoms with Crippen molar-refractivity contribution in [3.05, 3.63) is 54.3 Å². The van der Waals surface area contributed by atoms with Crippen LogP contribution in [0.2, 0.25) is 0 Å². The number of ether oxygens (including phenoxy) is 1. The molecule has 1 aliphatic rings. The summed E-state index contributed by atoms with van der Waals surface area (Å²) < 4.78 is 18.4. The highest BCUT2D eigenvalue weighted by Crippen LogP contribution is 2.25. The molecule has 2 aromatic rings. The molecular weight excluding hydrogens is 377 g/mol. The fourth-order valence-corrected chi connectivity index (χ4v) is 2.95. The average Bonchev–Trinajstić information content (AvgIpc) is 3.14.